The summed E-state index contributed by atoms with van der Waals surface area (Å²) in [7, 11) is -2.91. The summed E-state index contributed by atoms with van der Waals surface area (Å²) >= 11 is 0. The number of ether oxygens (including phenoxy) is 1. The average Bonchev–Trinajstić information content (AvgIpc) is 2.63. The van der Waals surface area contributed by atoms with Crippen LogP contribution < -0.4 is 10.1 Å². The van der Waals surface area contributed by atoms with Crippen molar-refractivity contribution in [3.63, 3.8) is 0 Å². The van der Waals surface area contributed by atoms with Crippen LogP contribution in [0.2, 0.25) is 0 Å². The van der Waals surface area contributed by atoms with Gasteiger partial charge in [0, 0.05) is 17.9 Å². The molecule has 5 nitrogen and oxygen atoms in total. The van der Waals surface area contributed by atoms with Crippen molar-refractivity contribution in [1.29, 1.82) is 0 Å². The van der Waals surface area contributed by atoms with E-state index in [2.05, 4.69) is 5.32 Å². The van der Waals surface area contributed by atoms with Crippen molar-refractivity contribution in [2.45, 2.75) is 43.0 Å². The number of carbonyl (C=O) groups is 1. The van der Waals surface area contributed by atoms with Crippen molar-refractivity contribution in [3.8, 4) is 16.9 Å². The maximum atomic E-state index is 14.3. The van der Waals surface area contributed by atoms with Crippen LogP contribution in [0.25, 0.3) is 11.1 Å². The van der Waals surface area contributed by atoms with Crippen LogP contribution in [0.5, 0.6) is 5.75 Å². The van der Waals surface area contributed by atoms with E-state index in [9.17, 15) is 18.3 Å². The molecule has 0 spiro atoms. The molecule has 27 heavy (non-hydrogen) atoms. The number of nitrogens with one attached hydrogen (secondary N) is 1. The summed E-state index contributed by atoms with van der Waals surface area (Å²) in [6.07, 6.45) is 6.04. The smallest absolute Gasteiger partial charge is 0.410 e. The first-order valence-electron chi connectivity index (χ1n) is 8.94. The van der Waals surface area contributed by atoms with Crippen molar-refractivity contribution >= 4 is 16.7 Å². The van der Waals surface area contributed by atoms with E-state index in [1.54, 1.807) is 18.2 Å². The van der Waals surface area contributed by atoms with Gasteiger partial charge < -0.3 is 10.1 Å². The molecule has 0 bridgehead atoms. The topological polar surface area (TPSA) is 78.8 Å². The number of amides is 1. The Kier molecular flexibility index (Phi) is 6.04. The predicted octanol–water partition coefficient (Wildman–Crippen LogP) is 5.65. The molecule has 1 aliphatic rings. The Bertz CT molecular complexity index is 816. The second-order valence-corrected chi connectivity index (χ2v) is 9.01. The Morgan fingerprint density at radius 1 is 1.15 bits per heavy atom. The van der Waals surface area contributed by atoms with Crippen molar-refractivity contribution in [2.24, 2.45) is 0 Å². The summed E-state index contributed by atoms with van der Waals surface area (Å²) in [6.45, 7) is 0. The third kappa shape index (κ3) is 5.22. The molecule has 1 amide bonds. The highest BCUT2D eigenvalue weighted by Gasteiger charge is 2.18. The van der Waals surface area contributed by atoms with Crippen LogP contribution in [0.3, 0.4) is 0 Å². The standard InChI is InChI=1S/C20H24FNO4S/c1-27(24,25)17-9-5-6-14(12-17)18-13-16(10-11-19(18)21)26-20(23)22-15-7-3-2-4-8-15/h5-6,9-13,15,24-25H,2-4,7-8H2,1H3,(H,22,23). The van der Waals surface area contributed by atoms with Crippen molar-refractivity contribution < 1.29 is 23.0 Å². The lowest BCUT2D eigenvalue weighted by atomic mass is 9.96. The predicted molar refractivity (Wildman–Crippen MR) is 105 cm³/mol. The number of rotatable bonds is 4. The Morgan fingerprint density at radius 3 is 2.59 bits per heavy atom. The first-order valence-corrected chi connectivity index (χ1v) is 10.9. The number of carbonyl (C=O) groups excluding carboxylic acids is 1. The van der Waals surface area contributed by atoms with Crippen LogP contribution in [0, 0.1) is 5.82 Å². The summed E-state index contributed by atoms with van der Waals surface area (Å²) in [5.41, 5.74) is 0.702. The molecule has 3 N–H and O–H groups in total. The molecule has 0 aromatic heterocycles. The highest BCUT2D eigenvalue weighted by molar-refractivity contribution is 8.23. The van der Waals surface area contributed by atoms with Crippen LogP contribution in [0.1, 0.15) is 32.1 Å². The highest BCUT2D eigenvalue weighted by Crippen LogP contribution is 2.45. The Balaban J connectivity index is 1.77. The van der Waals surface area contributed by atoms with E-state index >= 15 is 0 Å². The van der Waals surface area contributed by atoms with Crippen LogP contribution in [-0.2, 0) is 0 Å². The molecule has 0 saturated heterocycles. The molecule has 2 aromatic rings. The summed E-state index contributed by atoms with van der Waals surface area (Å²) in [6, 6.07) is 10.6. The molecule has 1 aliphatic carbocycles. The molecule has 3 rings (SSSR count). The minimum absolute atomic E-state index is 0.123. The van der Waals surface area contributed by atoms with Gasteiger partial charge >= 0.3 is 6.09 Å². The van der Waals surface area contributed by atoms with Gasteiger partial charge in [-0.15, -0.1) is 0 Å². The summed E-state index contributed by atoms with van der Waals surface area (Å²) in [4.78, 5) is 12.4. The lowest BCUT2D eigenvalue weighted by Crippen LogP contribution is -2.38. The van der Waals surface area contributed by atoms with E-state index in [1.807, 2.05) is 0 Å². The van der Waals surface area contributed by atoms with Gasteiger partial charge in [-0.2, -0.15) is 10.6 Å². The molecular weight excluding hydrogens is 369 g/mol. The van der Waals surface area contributed by atoms with Gasteiger partial charge in [0.15, 0.2) is 0 Å². The third-order valence-corrected chi connectivity index (χ3v) is 5.81. The lowest BCUT2D eigenvalue weighted by Gasteiger charge is -2.27. The van der Waals surface area contributed by atoms with Crippen LogP contribution >= 0.6 is 10.6 Å². The Hall–Kier alpha value is -2.09. The van der Waals surface area contributed by atoms with Gasteiger partial charge in [0.05, 0.1) is 4.90 Å². The van der Waals surface area contributed by atoms with E-state index < -0.39 is 22.5 Å². The quantitative estimate of drug-likeness (QED) is 0.627. The van der Waals surface area contributed by atoms with E-state index in [1.165, 1.54) is 36.9 Å². The van der Waals surface area contributed by atoms with Crippen molar-refractivity contribution in [1.82, 2.24) is 5.32 Å². The fourth-order valence-electron chi connectivity index (χ4n) is 3.24. The normalized spacial score (nSPS) is 16.0. The van der Waals surface area contributed by atoms with E-state index in [0.29, 0.717) is 10.5 Å². The molecule has 0 aliphatic heterocycles. The summed E-state index contributed by atoms with van der Waals surface area (Å²) < 4.78 is 39.3. The molecule has 0 unspecified atom stereocenters. The van der Waals surface area contributed by atoms with Gasteiger partial charge in [-0.3, -0.25) is 9.11 Å². The van der Waals surface area contributed by atoms with E-state index in [4.69, 9.17) is 4.74 Å². The summed E-state index contributed by atoms with van der Waals surface area (Å²) in [5, 5.41) is 2.85. The molecule has 2 aromatic carbocycles. The van der Waals surface area contributed by atoms with E-state index in [0.717, 1.165) is 25.7 Å². The van der Waals surface area contributed by atoms with Crippen LogP contribution in [0.4, 0.5) is 9.18 Å². The van der Waals surface area contributed by atoms with Gasteiger partial charge in [0.1, 0.15) is 11.6 Å². The zero-order chi connectivity index (χ0) is 19.4. The van der Waals surface area contributed by atoms with Gasteiger partial charge in [0.25, 0.3) is 0 Å². The summed E-state index contributed by atoms with van der Waals surface area (Å²) in [5.74, 6) is -0.256. The molecule has 146 valence electrons. The number of halogens is 1. The molecule has 0 atom stereocenters. The average molecular weight is 393 g/mol. The Morgan fingerprint density at radius 2 is 1.89 bits per heavy atom. The van der Waals surface area contributed by atoms with Gasteiger partial charge in [-0.1, -0.05) is 31.4 Å². The number of hydrogen-bond acceptors (Lipinski definition) is 4. The minimum Gasteiger partial charge on any atom is -0.410 e. The van der Waals surface area contributed by atoms with Crippen LogP contribution in [-0.4, -0.2) is 27.5 Å². The van der Waals surface area contributed by atoms with Gasteiger partial charge in [0.2, 0.25) is 0 Å². The largest absolute Gasteiger partial charge is 0.412 e. The number of benzene rings is 2. The monoisotopic (exact) mass is 393 g/mol. The van der Waals surface area contributed by atoms with Gasteiger partial charge in [-0.05, 0) is 48.7 Å². The van der Waals surface area contributed by atoms with Crippen molar-refractivity contribution in [2.75, 3.05) is 6.26 Å². The highest BCUT2D eigenvalue weighted by atomic mass is 32.3. The second-order valence-electron chi connectivity index (χ2n) is 6.87. The van der Waals surface area contributed by atoms with Crippen LogP contribution in [0.15, 0.2) is 47.4 Å². The Labute approximate surface area is 159 Å². The first kappa shape index (κ1) is 19.7. The molecule has 1 saturated carbocycles. The lowest BCUT2D eigenvalue weighted by molar-refractivity contribution is 0.192. The zero-order valence-electron chi connectivity index (χ0n) is 15.2. The maximum Gasteiger partial charge on any atom is 0.412 e. The molecule has 0 radical (unpaired) electrons. The third-order valence-electron chi connectivity index (χ3n) is 4.67. The SMILES string of the molecule is CS(O)(O)c1cccc(-c2cc(OC(=O)NC3CCCCC3)ccc2F)c1. The van der Waals surface area contributed by atoms with Gasteiger partial charge in [-0.25, -0.2) is 9.18 Å². The fraction of sp³-hybridized carbons (Fsp3) is 0.350. The fourth-order valence-corrected chi connectivity index (χ4v) is 3.93. The zero-order valence-corrected chi connectivity index (χ0v) is 16.0. The molecule has 1 fully saturated rings. The molecular formula is C20H24FNO4S. The molecule has 7 heteroatoms. The van der Waals surface area contributed by atoms with E-state index in [-0.39, 0.29) is 17.4 Å². The first-order chi connectivity index (χ1) is 12.8. The molecule has 0 heterocycles. The van der Waals surface area contributed by atoms with Crippen molar-refractivity contribution in [3.05, 3.63) is 48.3 Å². The maximum absolute atomic E-state index is 14.3. The second kappa shape index (κ2) is 8.29. The number of hydrogen-bond donors (Lipinski definition) is 3. The minimum atomic E-state index is -2.91.